The highest BCUT2D eigenvalue weighted by molar-refractivity contribution is 7.17. The molecule has 1 amide bonds. The van der Waals surface area contributed by atoms with Gasteiger partial charge in [-0.2, -0.15) is 0 Å². The van der Waals surface area contributed by atoms with Crippen LogP contribution in [0.25, 0.3) is 10.2 Å². The monoisotopic (exact) mass is 346 g/mol. The number of thiophene rings is 1. The molecular formula is C21H18N2OS. The fourth-order valence-corrected chi connectivity index (χ4v) is 3.97. The van der Waals surface area contributed by atoms with Crippen LogP contribution in [0.4, 0.5) is 0 Å². The second-order valence-electron chi connectivity index (χ2n) is 5.99. The van der Waals surface area contributed by atoms with Gasteiger partial charge in [-0.15, -0.1) is 11.3 Å². The van der Waals surface area contributed by atoms with Gasteiger partial charge in [0.15, 0.2) is 0 Å². The first-order chi connectivity index (χ1) is 12.2. The van der Waals surface area contributed by atoms with E-state index in [4.69, 9.17) is 0 Å². The summed E-state index contributed by atoms with van der Waals surface area (Å²) in [5.74, 6) is -0.0661. The molecule has 0 aliphatic carbocycles. The van der Waals surface area contributed by atoms with Gasteiger partial charge >= 0.3 is 0 Å². The highest BCUT2D eigenvalue weighted by atomic mass is 32.1. The van der Waals surface area contributed by atoms with Crippen LogP contribution < -0.4 is 5.32 Å². The lowest BCUT2D eigenvalue weighted by molar-refractivity contribution is 0.0935. The number of nitrogens with zero attached hydrogens (tertiary/aromatic N) is 1. The van der Waals surface area contributed by atoms with Crippen molar-refractivity contribution in [1.29, 1.82) is 0 Å². The van der Waals surface area contributed by atoms with E-state index in [9.17, 15) is 4.79 Å². The van der Waals surface area contributed by atoms with Crippen molar-refractivity contribution in [3.63, 3.8) is 0 Å². The summed E-state index contributed by atoms with van der Waals surface area (Å²) in [6.07, 6.45) is 0. The number of benzene rings is 2. The number of nitrogens with one attached hydrogen (secondary N) is 1. The van der Waals surface area contributed by atoms with Gasteiger partial charge < -0.3 is 9.88 Å². The van der Waals surface area contributed by atoms with Crippen molar-refractivity contribution < 1.29 is 4.79 Å². The van der Waals surface area contributed by atoms with Gasteiger partial charge in [0.1, 0.15) is 5.69 Å². The Kier molecular flexibility index (Phi) is 4.12. The number of carbonyl (C=O) groups is 1. The summed E-state index contributed by atoms with van der Waals surface area (Å²) in [7, 11) is 1.93. The van der Waals surface area contributed by atoms with Crippen molar-refractivity contribution in [2.75, 3.05) is 0 Å². The number of amides is 1. The molecule has 2 aromatic heterocycles. The van der Waals surface area contributed by atoms with E-state index in [1.54, 1.807) is 11.3 Å². The zero-order chi connectivity index (χ0) is 17.2. The fraction of sp³-hybridized carbons (Fsp3) is 0.0952. The van der Waals surface area contributed by atoms with Crippen molar-refractivity contribution in [3.05, 3.63) is 95.0 Å². The Morgan fingerprint density at radius 2 is 1.56 bits per heavy atom. The summed E-state index contributed by atoms with van der Waals surface area (Å²) in [5.41, 5.74) is 3.90. The SMILES string of the molecule is Cn1c(C(=O)NC(c2ccccc2)c2ccccc2)cc2sccc21. The molecule has 0 atom stereocenters. The molecule has 25 heavy (non-hydrogen) atoms. The average Bonchev–Trinajstić information content (AvgIpc) is 3.24. The lowest BCUT2D eigenvalue weighted by Crippen LogP contribution is -2.30. The largest absolute Gasteiger partial charge is 0.340 e. The van der Waals surface area contributed by atoms with Crippen LogP contribution in [0.5, 0.6) is 0 Å². The molecule has 0 spiro atoms. The van der Waals surface area contributed by atoms with E-state index in [2.05, 4.69) is 5.32 Å². The maximum absolute atomic E-state index is 13.0. The molecule has 2 aromatic carbocycles. The van der Waals surface area contributed by atoms with Gasteiger partial charge in [0.25, 0.3) is 5.91 Å². The molecule has 0 radical (unpaired) electrons. The summed E-state index contributed by atoms with van der Waals surface area (Å²) in [4.78, 5) is 13.0. The quantitative estimate of drug-likeness (QED) is 0.568. The number of rotatable bonds is 4. The molecular weight excluding hydrogens is 328 g/mol. The van der Waals surface area contributed by atoms with Crippen LogP contribution >= 0.6 is 11.3 Å². The van der Waals surface area contributed by atoms with Gasteiger partial charge in [0.05, 0.1) is 16.3 Å². The highest BCUT2D eigenvalue weighted by Gasteiger charge is 2.20. The molecule has 0 aliphatic heterocycles. The molecule has 0 bridgehead atoms. The summed E-state index contributed by atoms with van der Waals surface area (Å²) in [6, 6.07) is 24.0. The molecule has 4 aromatic rings. The van der Waals surface area contributed by atoms with E-state index in [1.165, 1.54) is 0 Å². The maximum atomic E-state index is 13.0. The first-order valence-corrected chi connectivity index (χ1v) is 9.05. The highest BCUT2D eigenvalue weighted by Crippen LogP contribution is 2.26. The van der Waals surface area contributed by atoms with Crippen LogP contribution in [0.3, 0.4) is 0 Å². The van der Waals surface area contributed by atoms with Crippen LogP contribution in [0.1, 0.15) is 27.7 Å². The molecule has 3 nitrogen and oxygen atoms in total. The minimum atomic E-state index is -0.178. The number of aromatic nitrogens is 1. The van der Waals surface area contributed by atoms with Crippen LogP contribution in [0, 0.1) is 0 Å². The third-order valence-electron chi connectivity index (χ3n) is 4.44. The molecule has 124 valence electrons. The Hall–Kier alpha value is -2.85. The number of fused-ring (bicyclic) bond motifs is 1. The Morgan fingerprint density at radius 3 is 2.12 bits per heavy atom. The first kappa shape index (κ1) is 15.7. The van der Waals surface area contributed by atoms with E-state index in [0.29, 0.717) is 5.69 Å². The third-order valence-corrected chi connectivity index (χ3v) is 5.29. The predicted molar refractivity (Wildman–Crippen MR) is 103 cm³/mol. The Morgan fingerprint density at radius 1 is 0.960 bits per heavy atom. The van der Waals surface area contributed by atoms with Crippen molar-refractivity contribution >= 4 is 27.5 Å². The van der Waals surface area contributed by atoms with Crippen molar-refractivity contribution in [3.8, 4) is 0 Å². The molecule has 0 aliphatic rings. The molecule has 0 saturated heterocycles. The molecule has 1 N–H and O–H groups in total. The number of hydrogen-bond acceptors (Lipinski definition) is 2. The normalized spacial score (nSPS) is 11.1. The Bertz CT molecular complexity index is 963. The number of carbonyl (C=O) groups excluding carboxylic acids is 1. The topological polar surface area (TPSA) is 34.0 Å². The van der Waals surface area contributed by atoms with Gasteiger partial charge in [-0.05, 0) is 28.6 Å². The molecule has 4 heteroatoms. The van der Waals surface area contributed by atoms with Gasteiger partial charge in [0, 0.05) is 7.05 Å². The van der Waals surface area contributed by atoms with Crippen LogP contribution in [-0.2, 0) is 7.05 Å². The van der Waals surface area contributed by atoms with Gasteiger partial charge in [-0.3, -0.25) is 4.79 Å². The second-order valence-corrected chi connectivity index (χ2v) is 6.93. The van der Waals surface area contributed by atoms with E-state index in [1.807, 2.05) is 89.8 Å². The standard InChI is InChI=1S/C21H18N2OS/c1-23-17-12-13-25-19(17)14-18(23)21(24)22-20(15-8-4-2-5-9-15)16-10-6-3-7-11-16/h2-14,20H,1H3,(H,22,24). The van der Waals surface area contributed by atoms with Gasteiger partial charge in [0.2, 0.25) is 0 Å². The zero-order valence-corrected chi connectivity index (χ0v) is 14.7. The molecule has 4 rings (SSSR count). The van der Waals surface area contributed by atoms with Crippen LogP contribution in [0.2, 0.25) is 0 Å². The second kappa shape index (κ2) is 6.57. The van der Waals surface area contributed by atoms with Crippen molar-refractivity contribution in [2.24, 2.45) is 7.05 Å². The average molecular weight is 346 g/mol. The maximum Gasteiger partial charge on any atom is 0.268 e. The van der Waals surface area contributed by atoms with E-state index < -0.39 is 0 Å². The fourth-order valence-electron chi connectivity index (χ4n) is 3.12. The summed E-state index contributed by atoms with van der Waals surface area (Å²) in [6.45, 7) is 0. The zero-order valence-electron chi connectivity index (χ0n) is 13.8. The smallest absolute Gasteiger partial charge is 0.268 e. The molecule has 0 unspecified atom stereocenters. The van der Waals surface area contributed by atoms with Gasteiger partial charge in [-0.25, -0.2) is 0 Å². The Labute approximate surface area is 150 Å². The molecule has 0 saturated carbocycles. The van der Waals surface area contributed by atoms with Crippen molar-refractivity contribution in [1.82, 2.24) is 9.88 Å². The molecule has 2 heterocycles. The number of hydrogen-bond donors (Lipinski definition) is 1. The lowest BCUT2D eigenvalue weighted by Gasteiger charge is -2.20. The predicted octanol–water partition coefficient (Wildman–Crippen LogP) is 4.76. The molecule has 0 fully saturated rings. The van der Waals surface area contributed by atoms with Crippen LogP contribution in [0.15, 0.2) is 78.2 Å². The summed E-state index contributed by atoms with van der Waals surface area (Å²) < 4.78 is 3.08. The van der Waals surface area contributed by atoms with E-state index in [0.717, 1.165) is 21.3 Å². The summed E-state index contributed by atoms with van der Waals surface area (Å²) in [5, 5.41) is 5.25. The minimum Gasteiger partial charge on any atom is -0.340 e. The third kappa shape index (κ3) is 2.96. The Balaban J connectivity index is 1.70. The van der Waals surface area contributed by atoms with E-state index >= 15 is 0 Å². The first-order valence-electron chi connectivity index (χ1n) is 8.18. The lowest BCUT2D eigenvalue weighted by atomic mass is 9.98. The van der Waals surface area contributed by atoms with Crippen molar-refractivity contribution in [2.45, 2.75) is 6.04 Å². The minimum absolute atomic E-state index is 0.0661. The number of aryl methyl sites for hydroxylation is 1. The van der Waals surface area contributed by atoms with E-state index in [-0.39, 0.29) is 11.9 Å². The summed E-state index contributed by atoms with van der Waals surface area (Å²) >= 11 is 1.65. The van der Waals surface area contributed by atoms with Crippen LogP contribution in [-0.4, -0.2) is 10.5 Å². The van der Waals surface area contributed by atoms with Gasteiger partial charge in [-0.1, -0.05) is 60.7 Å².